The number of ether oxygens (including phenoxy) is 2. The summed E-state index contributed by atoms with van der Waals surface area (Å²) < 4.78 is 12.3. The van der Waals surface area contributed by atoms with Crippen LogP contribution in [0, 0.1) is 0 Å². The number of pyridine rings is 1. The number of nitrogens with zero attached hydrogens (tertiary/aromatic N) is 2. The van der Waals surface area contributed by atoms with E-state index >= 15 is 0 Å². The minimum atomic E-state index is -0.271. The summed E-state index contributed by atoms with van der Waals surface area (Å²) in [5.41, 5.74) is 1.74. The van der Waals surface area contributed by atoms with Crippen LogP contribution in [0.3, 0.4) is 0 Å². The number of aliphatic hydroxyl groups is 1. The molecule has 0 spiro atoms. The van der Waals surface area contributed by atoms with Crippen LogP contribution in [-0.4, -0.2) is 59.0 Å². The van der Waals surface area contributed by atoms with Crippen LogP contribution >= 0.6 is 11.3 Å². The maximum Gasteiger partial charge on any atom is 0.131 e. The van der Waals surface area contributed by atoms with Gasteiger partial charge in [0.2, 0.25) is 0 Å². The van der Waals surface area contributed by atoms with Gasteiger partial charge in [-0.25, -0.2) is 4.98 Å². The molecule has 1 aliphatic heterocycles. The molecular weight excluding hydrogens is 408 g/mol. The SMILES string of the molecule is CC[C@]1(N2CCOCC2)CC[C@H](Oc2ccnc3sc4c(c23)[C@@H](C[C@@H](C)O)CC4)CC1. The Morgan fingerprint density at radius 3 is 2.77 bits per heavy atom. The fourth-order valence-corrected chi connectivity index (χ4v) is 7.49. The van der Waals surface area contributed by atoms with Crippen molar-refractivity contribution >= 4 is 21.6 Å². The van der Waals surface area contributed by atoms with E-state index in [2.05, 4.69) is 22.9 Å². The molecule has 2 aliphatic carbocycles. The van der Waals surface area contributed by atoms with Crippen molar-refractivity contribution in [1.82, 2.24) is 9.88 Å². The number of aromatic nitrogens is 1. The highest BCUT2D eigenvalue weighted by molar-refractivity contribution is 7.19. The number of fused-ring (bicyclic) bond motifs is 3. The van der Waals surface area contributed by atoms with Crippen LogP contribution in [0.1, 0.15) is 75.2 Å². The van der Waals surface area contributed by atoms with Gasteiger partial charge in [-0.3, -0.25) is 4.90 Å². The van der Waals surface area contributed by atoms with Gasteiger partial charge < -0.3 is 14.6 Å². The summed E-state index contributed by atoms with van der Waals surface area (Å²) in [4.78, 5) is 9.90. The lowest BCUT2D eigenvalue weighted by Crippen LogP contribution is -2.55. The summed E-state index contributed by atoms with van der Waals surface area (Å²) in [6.07, 6.45) is 10.8. The molecule has 6 heteroatoms. The molecule has 5 rings (SSSR count). The fraction of sp³-hybridized carbons (Fsp3) is 0.720. The summed E-state index contributed by atoms with van der Waals surface area (Å²) in [5.74, 6) is 1.44. The lowest BCUT2D eigenvalue weighted by molar-refractivity contribution is -0.0510. The Hall–Kier alpha value is -1.21. The van der Waals surface area contributed by atoms with Crippen molar-refractivity contribution in [3.8, 4) is 5.75 Å². The molecule has 0 radical (unpaired) electrons. The van der Waals surface area contributed by atoms with Crippen LogP contribution in [0.5, 0.6) is 5.75 Å². The summed E-state index contributed by atoms with van der Waals surface area (Å²) in [6.45, 7) is 8.12. The van der Waals surface area contributed by atoms with Gasteiger partial charge in [-0.2, -0.15) is 0 Å². The van der Waals surface area contributed by atoms with Gasteiger partial charge in [-0.15, -0.1) is 11.3 Å². The van der Waals surface area contributed by atoms with Crippen molar-refractivity contribution in [3.63, 3.8) is 0 Å². The van der Waals surface area contributed by atoms with E-state index in [-0.39, 0.29) is 12.2 Å². The molecule has 0 aromatic carbocycles. The smallest absolute Gasteiger partial charge is 0.131 e. The molecule has 0 unspecified atom stereocenters. The Morgan fingerprint density at radius 2 is 2.06 bits per heavy atom. The highest BCUT2D eigenvalue weighted by Gasteiger charge is 2.40. The van der Waals surface area contributed by atoms with Crippen LogP contribution in [-0.2, 0) is 11.2 Å². The van der Waals surface area contributed by atoms with Crippen molar-refractivity contribution < 1.29 is 14.6 Å². The standard InChI is InChI=1S/C25H36N2O3S/c1-3-25(27-12-14-29-15-13-27)9-6-19(7-10-25)30-20-8-11-26-24-23(20)22-18(16-17(2)28)4-5-21(22)31-24/h8,11,17-19,28H,3-7,9-10,12-16H2,1-2H3/t17-,18-,19-,25-/m1/s1. The average Bonchev–Trinajstić information content (AvgIpc) is 3.35. The summed E-state index contributed by atoms with van der Waals surface area (Å²) in [5, 5.41) is 11.2. The second-order valence-corrected chi connectivity index (χ2v) is 10.8. The number of morpholine rings is 1. The molecule has 0 amide bonds. The maximum atomic E-state index is 10.0. The van der Waals surface area contributed by atoms with Gasteiger partial charge in [0.15, 0.2) is 0 Å². The van der Waals surface area contributed by atoms with Crippen molar-refractivity contribution in [3.05, 3.63) is 22.7 Å². The molecule has 2 atom stereocenters. The third-order valence-electron chi connectivity index (χ3n) is 7.92. The first-order chi connectivity index (χ1) is 15.1. The number of thiophene rings is 1. The number of hydrogen-bond acceptors (Lipinski definition) is 6. The first-order valence-electron chi connectivity index (χ1n) is 12.2. The molecule has 1 N–H and O–H groups in total. The number of aryl methyl sites for hydroxylation is 1. The highest BCUT2D eigenvalue weighted by atomic mass is 32.1. The molecule has 3 aliphatic rings. The average molecular weight is 445 g/mol. The predicted octanol–water partition coefficient (Wildman–Crippen LogP) is 4.90. The monoisotopic (exact) mass is 444 g/mol. The quantitative estimate of drug-likeness (QED) is 0.687. The van der Waals surface area contributed by atoms with E-state index in [1.165, 1.54) is 35.1 Å². The molecule has 2 aromatic rings. The van der Waals surface area contributed by atoms with Crippen LogP contribution in [0.15, 0.2) is 12.3 Å². The lowest BCUT2D eigenvalue weighted by atomic mass is 9.77. The van der Waals surface area contributed by atoms with E-state index in [1.807, 2.05) is 24.5 Å². The molecule has 5 nitrogen and oxygen atoms in total. The minimum Gasteiger partial charge on any atom is -0.490 e. The zero-order valence-electron chi connectivity index (χ0n) is 18.9. The molecule has 31 heavy (non-hydrogen) atoms. The van der Waals surface area contributed by atoms with E-state index in [4.69, 9.17) is 9.47 Å². The zero-order valence-corrected chi connectivity index (χ0v) is 19.8. The molecule has 0 bridgehead atoms. The third-order valence-corrected chi connectivity index (χ3v) is 9.09. The normalized spacial score (nSPS) is 30.4. The van der Waals surface area contributed by atoms with Gasteiger partial charge in [-0.05, 0) is 75.8 Å². The number of hydrogen-bond donors (Lipinski definition) is 1. The predicted molar refractivity (Wildman–Crippen MR) is 125 cm³/mol. The van der Waals surface area contributed by atoms with Gasteiger partial charge in [-0.1, -0.05) is 6.92 Å². The molecule has 1 saturated heterocycles. The second-order valence-electron chi connectivity index (χ2n) is 9.74. The number of aliphatic hydroxyl groups excluding tert-OH is 1. The first-order valence-corrected chi connectivity index (χ1v) is 13.0. The Balaban J connectivity index is 1.34. The van der Waals surface area contributed by atoms with Crippen molar-refractivity contribution in [2.45, 2.75) is 88.9 Å². The topological polar surface area (TPSA) is 54.8 Å². The van der Waals surface area contributed by atoms with E-state index in [1.54, 1.807) is 0 Å². The maximum absolute atomic E-state index is 10.0. The Morgan fingerprint density at radius 1 is 1.29 bits per heavy atom. The van der Waals surface area contributed by atoms with Gasteiger partial charge in [0.25, 0.3) is 0 Å². The van der Waals surface area contributed by atoms with Crippen LogP contribution < -0.4 is 4.74 Å². The van der Waals surface area contributed by atoms with Crippen LogP contribution in [0.2, 0.25) is 0 Å². The van der Waals surface area contributed by atoms with Gasteiger partial charge in [0, 0.05) is 29.7 Å². The van der Waals surface area contributed by atoms with Gasteiger partial charge in [0.05, 0.1) is 30.8 Å². The summed E-state index contributed by atoms with van der Waals surface area (Å²) in [7, 11) is 0. The molecule has 170 valence electrons. The summed E-state index contributed by atoms with van der Waals surface area (Å²) in [6, 6.07) is 2.07. The fourth-order valence-electron chi connectivity index (χ4n) is 6.23. The molecule has 1 saturated carbocycles. The lowest BCUT2D eigenvalue weighted by Gasteiger charge is -2.49. The van der Waals surface area contributed by atoms with Gasteiger partial charge in [0.1, 0.15) is 10.6 Å². The van der Waals surface area contributed by atoms with Crippen LogP contribution in [0.25, 0.3) is 10.2 Å². The first kappa shape index (κ1) is 21.6. The Labute approximate surface area is 189 Å². The van der Waals surface area contributed by atoms with E-state index in [0.717, 1.165) is 69.0 Å². The van der Waals surface area contributed by atoms with E-state index < -0.39 is 0 Å². The molecule has 2 aromatic heterocycles. The van der Waals surface area contributed by atoms with Crippen molar-refractivity contribution in [2.75, 3.05) is 26.3 Å². The van der Waals surface area contributed by atoms with Crippen LogP contribution in [0.4, 0.5) is 0 Å². The van der Waals surface area contributed by atoms with E-state index in [9.17, 15) is 5.11 Å². The van der Waals surface area contributed by atoms with Crippen molar-refractivity contribution in [1.29, 1.82) is 0 Å². The minimum absolute atomic E-state index is 0.271. The Bertz CT molecular complexity index is 898. The molecule has 3 heterocycles. The van der Waals surface area contributed by atoms with E-state index in [0.29, 0.717) is 11.5 Å². The van der Waals surface area contributed by atoms with Gasteiger partial charge >= 0.3 is 0 Å². The second kappa shape index (κ2) is 8.97. The molecular formula is C25H36N2O3S. The zero-order chi connectivity index (χ0) is 21.4. The molecule has 2 fully saturated rings. The number of rotatable bonds is 6. The Kier molecular flexibility index (Phi) is 6.26. The largest absolute Gasteiger partial charge is 0.490 e. The highest BCUT2D eigenvalue weighted by Crippen LogP contribution is 2.48. The summed E-state index contributed by atoms with van der Waals surface area (Å²) >= 11 is 1.82. The third kappa shape index (κ3) is 4.12. The van der Waals surface area contributed by atoms with Crippen molar-refractivity contribution in [2.24, 2.45) is 0 Å².